The molecule has 0 amide bonds. The molecule has 0 aliphatic rings. The second-order valence-electron chi connectivity index (χ2n) is 11.3. The lowest BCUT2D eigenvalue weighted by molar-refractivity contribution is 0.111. The van der Waals surface area contributed by atoms with Gasteiger partial charge in [-0.1, -0.05) is 108 Å². The van der Waals surface area contributed by atoms with Crippen molar-refractivity contribution in [2.75, 3.05) is 0 Å². The summed E-state index contributed by atoms with van der Waals surface area (Å²) in [5.41, 5.74) is 5.55. The fraction of sp³-hybridized carbons (Fsp3) is 0.444. The number of aromatic hydroxyl groups is 2. The van der Waals surface area contributed by atoms with Crippen molar-refractivity contribution in [1.29, 1.82) is 0 Å². The number of aldehydes is 2. The van der Waals surface area contributed by atoms with Crippen molar-refractivity contribution in [2.24, 2.45) is 0 Å². The molecule has 0 heterocycles. The van der Waals surface area contributed by atoms with Gasteiger partial charge in [-0.15, -0.1) is 0 Å². The van der Waals surface area contributed by atoms with Gasteiger partial charge >= 0.3 is 0 Å². The fourth-order valence-corrected chi connectivity index (χ4v) is 5.46. The minimum Gasteiger partial charge on any atom is -0.507 e. The number of hydrogen-bond donors (Lipinski definition) is 2. The van der Waals surface area contributed by atoms with Gasteiger partial charge in [-0.2, -0.15) is 0 Å². The van der Waals surface area contributed by atoms with Crippen molar-refractivity contribution < 1.29 is 19.8 Å². The molecule has 0 bridgehead atoms. The molecule has 0 saturated heterocycles. The van der Waals surface area contributed by atoms with E-state index in [1.165, 1.54) is 57.8 Å². The number of benzene rings is 3. The molecule has 0 aliphatic heterocycles. The molecule has 3 aromatic rings. The topological polar surface area (TPSA) is 74.6 Å². The quantitative estimate of drug-likeness (QED) is 0.124. The number of rotatable bonds is 18. The highest BCUT2D eigenvalue weighted by atomic mass is 16.3. The monoisotopic (exact) mass is 542 g/mol. The maximum atomic E-state index is 11.5. The minimum absolute atomic E-state index is 0.0655. The number of phenolic OH excluding ortho intramolecular Hbond substituents is 2. The fourth-order valence-electron chi connectivity index (χ4n) is 5.46. The molecular weight excluding hydrogens is 496 g/mol. The van der Waals surface area contributed by atoms with Crippen molar-refractivity contribution in [1.82, 2.24) is 0 Å². The van der Waals surface area contributed by atoms with Crippen molar-refractivity contribution in [2.45, 2.75) is 103 Å². The van der Waals surface area contributed by atoms with Crippen LogP contribution < -0.4 is 0 Å². The van der Waals surface area contributed by atoms with Crippen molar-refractivity contribution >= 4 is 12.6 Å². The van der Waals surface area contributed by atoms with Crippen LogP contribution in [0.15, 0.2) is 54.6 Å². The summed E-state index contributed by atoms with van der Waals surface area (Å²) in [5, 5.41) is 20.7. The highest BCUT2D eigenvalue weighted by Crippen LogP contribution is 2.33. The van der Waals surface area contributed by atoms with Crippen LogP contribution in [0.2, 0.25) is 0 Å². The standard InChI is InChI=1S/C36H46O4/c1-27(2)33-23-28(21-31(25-37)35(33)39)17-13-10-8-6-4-3-5-7-9-11-14-18-29-22-32(26-38)36(40)34(24-29)30-19-15-12-16-20-30/h12,15-16,19-27,39-40H,3-11,13-14,17-18H2,1-2H3. The lowest BCUT2D eigenvalue weighted by Gasteiger charge is -2.13. The van der Waals surface area contributed by atoms with Gasteiger partial charge in [0.05, 0.1) is 11.1 Å². The molecule has 0 aliphatic carbocycles. The third kappa shape index (κ3) is 9.36. The molecule has 2 N–H and O–H groups in total. The maximum Gasteiger partial charge on any atom is 0.153 e. The molecule has 0 saturated carbocycles. The van der Waals surface area contributed by atoms with E-state index < -0.39 is 0 Å². The van der Waals surface area contributed by atoms with Gasteiger partial charge in [-0.3, -0.25) is 9.59 Å². The number of carbonyl (C=O) groups excluding carboxylic acids is 2. The first-order chi connectivity index (χ1) is 19.4. The molecule has 0 fully saturated rings. The van der Waals surface area contributed by atoms with Crippen LogP contribution >= 0.6 is 0 Å². The van der Waals surface area contributed by atoms with E-state index in [-0.39, 0.29) is 17.4 Å². The van der Waals surface area contributed by atoms with Gasteiger partial charge in [-0.05, 0) is 72.1 Å². The third-order valence-electron chi connectivity index (χ3n) is 7.82. The van der Waals surface area contributed by atoms with Crippen LogP contribution in [0.3, 0.4) is 0 Å². The Bertz CT molecular complexity index is 1210. The summed E-state index contributed by atoms with van der Waals surface area (Å²) in [6.07, 6.45) is 16.8. The zero-order chi connectivity index (χ0) is 28.7. The molecule has 4 nitrogen and oxygen atoms in total. The van der Waals surface area contributed by atoms with Crippen molar-refractivity contribution in [3.8, 4) is 22.6 Å². The van der Waals surface area contributed by atoms with Gasteiger partial charge in [0.1, 0.15) is 11.5 Å². The Morgan fingerprint density at radius 1 is 0.600 bits per heavy atom. The molecule has 4 heteroatoms. The van der Waals surface area contributed by atoms with Crippen LogP contribution in [0.5, 0.6) is 11.5 Å². The first kappa shape index (κ1) is 31.1. The highest BCUT2D eigenvalue weighted by molar-refractivity contribution is 5.86. The Balaban J connectivity index is 1.25. The largest absolute Gasteiger partial charge is 0.507 e. The van der Waals surface area contributed by atoms with E-state index in [2.05, 4.69) is 6.07 Å². The summed E-state index contributed by atoms with van der Waals surface area (Å²) < 4.78 is 0. The molecule has 0 unspecified atom stereocenters. The van der Waals surface area contributed by atoms with E-state index in [1.54, 1.807) is 0 Å². The predicted molar refractivity (Wildman–Crippen MR) is 165 cm³/mol. The summed E-state index contributed by atoms with van der Waals surface area (Å²) in [5.74, 6) is 0.398. The third-order valence-corrected chi connectivity index (χ3v) is 7.82. The SMILES string of the molecule is CC(C)c1cc(CCCCCCCCCCCCCc2cc(C=O)c(O)c(-c3ccccc3)c2)cc(C=O)c1O. The Morgan fingerprint density at radius 3 is 1.52 bits per heavy atom. The van der Waals surface area contributed by atoms with E-state index >= 15 is 0 Å². The Hall–Kier alpha value is -3.40. The summed E-state index contributed by atoms with van der Waals surface area (Å²) in [4.78, 5) is 22.8. The van der Waals surface area contributed by atoms with E-state index in [4.69, 9.17) is 0 Å². The molecule has 0 aromatic heterocycles. The van der Waals surface area contributed by atoms with Gasteiger partial charge in [0.25, 0.3) is 0 Å². The molecule has 3 rings (SSSR count). The number of carbonyl (C=O) groups is 2. The molecule has 3 aromatic carbocycles. The van der Waals surface area contributed by atoms with Crippen molar-refractivity contribution in [3.05, 3.63) is 82.4 Å². The van der Waals surface area contributed by atoms with E-state index in [1.807, 2.05) is 62.4 Å². The van der Waals surface area contributed by atoms with Gasteiger partial charge < -0.3 is 10.2 Å². The average Bonchev–Trinajstić information content (AvgIpc) is 2.97. The molecule has 0 atom stereocenters. The lowest BCUT2D eigenvalue weighted by atomic mass is 9.94. The molecule has 0 radical (unpaired) electrons. The number of phenols is 2. The molecular formula is C36H46O4. The zero-order valence-electron chi connectivity index (χ0n) is 24.3. The Labute approximate surface area is 240 Å². The Kier molecular flexibility index (Phi) is 13.0. The average molecular weight is 543 g/mol. The molecule has 214 valence electrons. The highest BCUT2D eigenvalue weighted by Gasteiger charge is 2.13. The summed E-state index contributed by atoms with van der Waals surface area (Å²) in [6, 6.07) is 17.5. The van der Waals surface area contributed by atoms with E-state index in [0.717, 1.165) is 66.1 Å². The lowest BCUT2D eigenvalue weighted by Crippen LogP contribution is -1.97. The van der Waals surface area contributed by atoms with Gasteiger partial charge in [0.15, 0.2) is 12.6 Å². The summed E-state index contributed by atoms with van der Waals surface area (Å²) >= 11 is 0. The van der Waals surface area contributed by atoms with Crippen molar-refractivity contribution in [3.63, 3.8) is 0 Å². The van der Waals surface area contributed by atoms with Gasteiger partial charge in [-0.25, -0.2) is 0 Å². The van der Waals surface area contributed by atoms with Gasteiger partial charge in [0.2, 0.25) is 0 Å². The van der Waals surface area contributed by atoms with Crippen LogP contribution in [-0.2, 0) is 12.8 Å². The normalized spacial score (nSPS) is 11.2. The summed E-state index contributed by atoms with van der Waals surface area (Å²) in [6.45, 7) is 4.08. The Morgan fingerprint density at radius 2 is 1.05 bits per heavy atom. The number of hydrogen-bond acceptors (Lipinski definition) is 4. The molecule has 40 heavy (non-hydrogen) atoms. The van der Waals surface area contributed by atoms with Crippen LogP contribution in [0, 0.1) is 0 Å². The molecule has 0 spiro atoms. The van der Waals surface area contributed by atoms with E-state index in [9.17, 15) is 19.8 Å². The predicted octanol–water partition coefficient (Wildman–Crippen LogP) is 9.59. The first-order valence-corrected chi connectivity index (χ1v) is 15.1. The van der Waals surface area contributed by atoms with E-state index in [0.29, 0.717) is 11.1 Å². The number of aryl methyl sites for hydroxylation is 2. The maximum absolute atomic E-state index is 11.5. The second-order valence-corrected chi connectivity index (χ2v) is 11.3. The van der Waals surface area contributed by atoms with Crippen LogP contribution in [-0.4, -0.2) is 22.8 Å². The summed E-state index contributed by atoms with van der Waals surface area (Å²) in [7, 11) is 0. The first-order valence-electron chi connectivity index (χ1n) is 15.1. The second kappa shape index (κ2) is 16.6. The minimum atomic E-state index is 0.0655. The van der Waals surface area contributed by atoms with Gasteiger partial charge in [0, 0.05) is 5.56 Å². The smallest absolute Gasteiger partial charge is 0.153 e. The number of unbranched alkanes of at least 4 members (excludes halogenated alkanes) is 10. The zero-order valence-corrected chi connectivity index (χ0v) is 24.3. The van der Waals surface area contributed by atoms with Crippen LogP contribution in [0.25, 0.3) is 11.1 Å². The van der Waals surface area contributed by atoms with Crippen LogP contribution in [0.1, 0.15) is 128 Å². The van der Waals surface area contributed by atoms with Crippen LogP contribution in [0.4, 0.5) is 0 Å².